The Hall–Kier alpha value is -2.01. The molecule has 1 aromatic carbocycles. The SMILES string of the molecule is CC(C(=O)Nc1nn(Cc2c(Cl)cccc2Cl)cc1Cl)n1nc(C(F)F)c(Cl)c1C(F)F. The standard InChI is InChI=1S/C18H13Cl4F4N5O/c1-7(31-14(16(25)26)12(22)13(28-31)15(23)24)18(32)27-17-11(21)6-30(29-17)5-8-9(19)3-2-4-10(8)20/h2-4,6-7,15-16H,5H2,1H3,(H,27,29,32). The lowest BCUT2D eigenvalue weighted by atomic mass is 10.2. The molecule has 32 heavy (non-hydrogen) atoms. The molecule has 0 spiro atoms. The van der Waals surface area contributed by atoms with Gasteiger partial charge in [0.1, 0.15) is 22.5 Å². The van der Waals surface area contributed by atoms with E-state index in [1.54, 1.807) is 18.2 Å². The summed E-state index contributed by atoms with van der Waals surface area (Å²) < 4.78 is 54.6. The minimum Gasteiger partial charge on any atom is -0.306 e. The Morgan fingerprint density at radius 1 is 1.03 bits per heavy atom. The number of rotatable bonds is 7. The van der Waals surface area contributed by atoms with Crippen LogP contribution in [0.4, 0.5) is 23.4 Å². The van der Waals surface area contributed by atoms with Crippen molar-refractivity contribution in [2.45, 2.75) is 32.4 Å². The van der Waals surface area contributed by atoms with Crippen LogP contribution in [0.2, 0.25) is 20.1 Å². The number of carbonyl (C=O) groups is 1. The van der Waals surface area contributed by atoms with Crippen LogP contribution in [0.15, 0.2) is 24.4 Å². The van der Waals surface area contributed by atoms with Crippen molar-refractivity contribution in [2.75, 3.05) is 5.32 Å². The summed E-state index contributed by atoms with van der Waals surface area (Å²) in [6.07, 6.45) is -5.04. The summed E-state index contributed by atoms with van der Waals surface area (Å²) >= 11 is 24.0. The van der Waals surface area contributed by atoms with Crippen molar-refractivity contribution in [1.82, 2.24) is 19.6 Å². The number of nitrogens with one attached hydrogen (secondary N) is 1. The minimum absolute atomic E-state index is 0.0366. The van der Waals surface area contributed by atoms with Crippen LogP contribution in [-0.4, -0.2) is 25.5 Å². The molecule has 3 rings (SSSR count). The third kappa shape index (κ3) is 4.98. The maximum Gasteiger partial charge on any atom is 0.283 e. The molecule has 0 saturated carbocycles. The monoisotopic (exact) mass is 531 g/mol. The summed E-state index contributed by atoms with van der Waals surface area (Å²) in [4.78, 5) is 12.6. The number of nitrogens with zero attached hydrogens (tertiary/aromatic N) is 4. The van der Waals surface area contributed by atoms with Crippen molar-refractivity contribution < 1.29 is 22.4 Å². The first kappa shape index (κ1) is 24.6. The fraction of sp³-hybridized carbons (Fsp3) is 0.278. The number of hydrogen-bond donors (Lipinski definition) is 1. The maximum atomic E-state index is 13.4. The van der Waals surface area contributed by atoms with E-state index >= 15 is 0 Å². The second kappa shape index (κ2) is 9.86. The normalized spacial score (nSPS) is 12.6. The molecule has 0 aliphatic heterocycles. The molecule has 172 valence electrons. The van der Waals surface area contributed by atoms with Gasteiger partial charge < -0.3 is 5.32 Å². The fourth-order valence-electron chi connectivity index (χ4n) is 2.82. The number of carbonyl (C=O) groups excluding carboxylic acids is 1. The molecule has 1 atom stereocenters. The minimum atomic E-state index is -3.24. The van der Waals surface area contributed by atoms with Gasteiger partial charge in [0, 0.05) is 21.8 Å². The van der Waals surface area contributed by atoms with Gasteiger partial charge in [-0.05, 0) is 19.1 Å². The summed E-state index contributed by atoms with van der Waals surface area (Å²) in [5, 5.41) is 9.82. The number of alkyl halides is 4. The van der Waals surface area contributed by atoms with Gasteiger partial charge in [0.15, 0.2) is 5.82 Å². The van der Waals surface area contributed by atoms with Gasteiger partial charge in [-0.1, -0.05) is 52.5 Å². The summed E-state index contributed by atoms with van der Waals surface area (Å²) in [6, 6.07) is 3.53. The number of halogens is 8. The molecule has 0 aliphatic rings. The lowest BCUT2D eigenvalue weighted by Crippen LogP contribution is -2.26. The van der Waals surface area contributed by atoms with E-state index < -0.39 is 41.2 Å². The summed E-state index contributed by atoms with van der Waals surface area (Å²) in [5.41, 5.74) is -1.47. The highest BCUT2D eigenvalue weighted by molar-refractivity contribution is 6.36. The maximum absolute atomic E-state index is 13.4. The smallest absolute Gasteiger partial charge is 0.283 e. The number of benzene rings is 1. The predicted octanol–water partition coefficient (Wildman–Crippen LogP) is 6.82. The molecule has 0 saturated heterocycles. The van der Waals surface area contributed by atoms with E-state index in [0.717, 1.165) is 0 Å². The third-order valence-corrected chi connectivity index (χ3v) is 5.78. The van der Waals surface area contributed by atoms with Gasteiger partial charge in [-0.2, -0.15) is 10.2 Å². The first-order valence-electron chi connectivity index (χ1n) is 8.82. The lowest BCUT2D eigenvalue weighted by molar-refractivity contribution is -0.119. The number of anilines is 1. The molecule has 2 heterocycles. The Labute approximate surface area is 199 Å². The van der Waals surface area contributed by atoms with Gasteiger partial charge in [-0.25, -0.2) is 22.2 Å². The highest BCUT2D eigenvalue weighted by atomic mass is 35.5. The van der Waals surface area contributed by atoms with Crippen LogP contribution in [0.5, 0.6) is 0 Å². The highest BCUT2D eigenvalue weighted by Crippen LogP contribution is 2.36. The Balaban J connectivity index is 1.83. The quantitative estimate of drug-likeness (QED) is 0.340. The van der Waals surface area contributed by atoms with Crippen LogP contribution in [0.3, 0.4) is 0 Å². The molecule has 1 N–H and O–H groups in total. The van der Waals surface area contributed by atoms with Gasteiger partial charge in [0.25, 0.3) is 12.9 Å². The molecule has 0 fully saturated rings. The van der Waals surface area contributed by atoms with Crippen LogP contribution in [0, 0.1) is 0 Å². The zero-order valence-electron chi connectivity index (χ0n) is 16.0. The molecule has 2 aromatic heterocycles. The van der Waals surface area contributed by atoms with Crippen molar-refractivity contribution in [2.24, 2.45) is 0 Å². The van der Waals surface area contributed by atoms with Crippen LogP contribution in [0.1, 0.15) is 42.8 Å². The first-order valence-corrected chi connectivity index (χ1v) is 10.3. The Morgan fingerprint density at radius 3 is 2.22 bits per heavy atom. The molecule has 1 unspecified atom stereocenters. The van der Waals surface area contributed by atoms with Gasteiger partial charge in [0.05, 0.1) is 11.6 Å². The van der Waals surface area contributed by atoms with E-state index in [0.29, 0.717) is 20.3 Å². The van der Waals surface area contributed by atoms with Crippen LogP contribution < -0.4 is 5.32 Å². The second-order valence-corrected chi connectivity index (χ2v) is 8.12. The predicted molar refractivity (Wildman–Crippen MR) is 113 cm³/mol. The second-order valence-electron chi connectivity index (χ2n) is 6.52. The molecular formula is C18H13Cl4F4N5O. The van der Waals surface area contributed by atoms with Gasteiger partial charge in [0.2, 0.25) is 5.91 Å². The van der Waals surface area contributed by atoms with Crippen molar-refractivity contribution in [3.8, 4) is 0 Å². The van der Waals surface area contributed by atoms with Crippen molar-refractivity contribution in [3.05, 3.63) is 61.4 Å². The Bertz CT molecular complexity index is 1130. The molecule has 1 amide bonds. The van der Waals surface area contributed by atoms with Crippen molar-refractivity contribution >= 4 is 58.1 Å². The zero-order chi connectivity index (χ0) is 23.7. The summed E-state index contributed by atoms with van der Waals surface area (Å²) in [7, 11) is 0. The van der Waals surface area contributed by atoms with E-state index in [-0.39, 0.29) is 17.4 Å². The van der Waals surface area contributed by atoms with Crippen molar-refractivity contribution in [1.29, 1.82) is 0 Å². The largest absolute Gasteiger partial charge is 0.306 e. The number of hydrogen-bond acceptors (Lipinski definition) is 3. The average Bonchev–Trinajstić information content (AvgIpc) is 3.23. The Kier molecular flexibility index (Phi) is 7.59. The average molecular weight is 533 g/mol. The number of aromatic nitrogens is 4. The molecular weight excluding hydrogens is 520 g/mol. The molecule has 3 aromatic rings. The molecule has 0 aliphatic carbocycles. The zero-order valence-corrected chi connectivity index (χ0v) is 19.0. The molecule has 0 radical (unpaired) electrons. The van der Waals surface area contributed by atoms with E-state index in [4.69, 9.17) is 46.4 Å². The Morgan fingerprint density at radius 2 is 1.66 bits per heavy atom. The van der Waals surface area contributed by atoms with Crippen LogP contribution in [-0.2, 0) is 11.3 Å². The topological polar surface area (TPSA) is 64.7 Å². The van der Waals surface area contributed by atoms with Crippen molar-refractivity contribution in [3.63, 3.8) is 0 Å². The number of amides is 1. The highest BCUT2D eigenvalue weighted by Gasteiger charge is 2.32. The summed E-state index contributed by atoms with van der Waals surface area (Å²) in [6.45, 7) is 1.32. The van der Waals surface area contributed by atoms with E-state index in [9.17, 15) is 22.4 Å². The van der Waals surface area contributed by atoms with Gasteiger partial charge in [-0.15, -0.1) is 0 Å². The van der Waals surface area contributed by atoms with Gasteiger partial charge >= 0.3 is 0 Å². The third-order valence-electron chi connectivity index (χ3n) is 4.41. The van der Waals surface area contributed by atoms with E-state index in [1.807, 2.05) is 0 Å². The van der Waals surface area contributed by atoms with Crippen LogP contribution in [0.25, 0.3) is 0 Å². The van der Waals surface area contributed by atoms with Gasteiger partial charge in [-0.3, -0.25) is 9.48 Å². The first-order chi connectivity index (χ1) is 15.0. The van der Waals surface area contributed by atoms with E-state index in [2.05, 4.69) is 15.5 Å². The molecule has 0 bridgehead atoms. The van der Waals surface area contributed by atoms with Crippen LogP contribution >= 0.6 is 46.4 Å². The lowest BCUT2D eigenvalue weighted by Gasteiger charge is -2.15. The fourth-order valence-corrected chi connectivity index (χ4v) is 3.82. The van der Waals surface area contributed by atoms with E-state index in [1.165, 1.54) is 17.8 Å². The molecule has 14 heteroatoms. The molecule has 6 nitrogen and oxygen atoms in total. The summed E-state index contributed by atoms with van der Waals surface area (Å²) in [5.74, 6) is -0.965.